The van der Waals surface area contributed by atoms with Gasteiger partial charge in [0.15, 0.2) is 5.78 Å². The zero-order valence-electron chi connectivity index (χ0n) is 28.9. The van der Waals surface area contributed by atoms with Gasteiger partial charge in [0.25, 0.3) is 0 Å². The summed E-state index contributed by atoms with van der Waals surface area (Å²) in [6, 6.07) is 2.24. The van der Waals surface area contributed by atoms with Crippen molar-refractivity contribution in [2.24, 2.45) is 29.1 Å². The summed E-state index contributed by atoms with van der Waals surface area (Å²) in [6.45, 7) is 3.56. The average Bonchev–Trinajstić information content (AvgIpc) is 3.54. The first-order valence-corrected chi connectivity index (χ1v) is 20.4. The molecule has 3 saturated heterocycles. The number of carbonyl (C=O) groups is 2. The molecule has 3 heterocycles. The number of aromatic carboxylic acids is 1. The monoisotopic (exact) mass is 748 g/mol. The zero-order chi connectivity index (χ0) is 36.2. The minimum Gasteiger partial charge on any atom is -0.507 e. The summed E-state index contributed by atoms with van der Waals surface area (Å²) in [5.74, 6) is -0.402. The smallest absolute Gasteiger partial charge is 0.335 e. The van der Waals surface area contributed by atoms with Crippen LogP contribution < -0.4 is 4.74 Å². The van der Waals surface area contributed by atoms with E-state index in [0.29, 0.717) is 36.5 Å². The Morgan fingerprint density at radius 2 is 1.73 bits per heavy atom. The van der Waals surface area contributed by atoms with Gasteiger partial charge in [-0.15, -0.1) is 0 Å². The molecule has 2 aromatic carbocycles. The van der Waals surface area contributed by atoms with Gasteiger partial charge < -0.3 is 49.6 Å². The van der Waals surface area contributed by atoms with Crippen LogP contribution in [0.25, 0.3) is 10.8 Å². The maximum Gasteiger partial charge on any atom is 0.335 e. The lowest BCUT2D eigenvalue weighted by atomic mass is 9.55. The van der Waals surface area contributed by atoms with E-state index in [4.69, 9.17) is 18.9 Å². The molecule has 7 rings (SSSR count). The van der Waals surface area contributed by atoms with Gasteiger partial charge in [-0.1, -0.05) is 34.4 Å². The minimum absolute atomic E-state index is 0.0582. The van der Waals surface area contributed by atoms with Crippen LogP contribution in [0.15, 0.2) is 12.1 Å². The van der Waals surface area contributed by atoms with Crippen molar-refractivity contribution < 1.29 is 59.2 Å². The fourth-order valence-electron chi connectivity index (χ4n) is 10.3. The van der Waals surface area contributed by atoms with E-state index < -0.39 is 60.1 Å². The molecule has 2 aromatic rings. The molecule has 9 unspecified atom stereocenters. The number of carboxylic acids is 1. The molecule has 0 amide bonds. The fourth-order valence-corrected chi connectivity index (χ4v) is 12.3. The molecule has 6 N–H and O–H groups in total. The van der Waals surface area contributed by atoms with Gasteiger partial charge in [-0.25, -0.2) is 4.79 Å². The van der Waals surface area contributed by atoms with Gasteiger partial charge >= 0.3 is 5.97 Å². The highest BCUT2D eigenvalue weighted by Gasteiger charge is 2.59. The number of ether oxygens (including phenoxy) is 4. The van der Waals surface area contributed by atoms with E-state index in [-0.39, 0.29) is 44.6 Å². The van der Waals surface area contributed by atoms with Crippen LogP contribution in [0.4, 0.5) is 0 Å². The number of aliphatic hydroxyl groups excluding tert-OH is 3. The van der Waals surface area contributed by atoms with E-state index in [1.165, 1.54) is 56.7 Å². The van der Waals surface area contributed by atoms with Crippen LogP contribution in [0.5, 0.6) is 17.2 Å². The molecule has 5 aliphatic rings. The molecular weight excluding hydrogens is 701 g/mol. The number of benzene rings is 2. The number of phenols is 2. The highest BCUT2D eigenvalue weighted by molar-refractivity contribution is 8.76. The number of carbonyl (C=O) groups excluding carboxylic acids is 1. The van der Waals surface area contributed by atoms with Gasteiger partial charge in [-0.05, 0) is 93.6 Å². The van der Waals surface area contributed by atoms with Crippen LogP contribution in [0.3, 0.4) is 0 Å². The fraction of sp³-hybridized carbons (Fsp3) is 0.676. The van der Waals surface area contributed by atoms with Gasteiger partial charge in [0.2, 0.25) is 6.29 Å². The number of hydrogen-bond acceptors (Lipinski definition) is 13. The number of Topliss-reactive ketones (excluding diaryl/α,β-unsaturated/α-hetero) is 1. The van der Waals surface area contributed by atoms with Crippen LogP contribution in [0, 0.1) is 36.0 Å². The van der Waals surface area contributed by atoms with Crippen molar-refractivity contribution in [3.63, 3.8) is 0 Å². The number of hydrogen-bond donors (Lipinski definition) is 6. The number of aliphatic hydroxyl groups is 3. The quantitative estimate of drug-likeness (QED) is 0.136. The third-order valence-electron chi connectivity index (χ3n) is 12.5. The van der Waals surface area contributed by atoms with E-state index in [2.05, 4.69) is 0 Å². The molecule has 2 aliphatic carbocycles. The normalized spacial score (nSPS) is 35.3. The molecule has 0 aromatic heterocycles. The molecule has 12 nitrogen and oxygen atoms in total. The molecule has 5 fully saturated rings. The number of phenolic OH excluding ortho intramolecular Hbond substituents is 2. The zero-order valence-corrected chi connectivity index (χ0v) is 30.5. The van der Waals surface area contributed by atoms with Crippen LogP contribution in [-0.2, 0) is 14.2 Å². The van der Waals surface area contributed by atoms with Crippen molar-refractivity contribution in [2.45, 2.75) is 95.4 Å². The van der Waals surface area contributed by atoms with Crippen LogP contribution in [-0.4, -0.2) is 104 Å². The van der Waals surface area contributed by atoms with Crippen molar-refractivity contribution in [1.82, 2.24) is 0 Å². The summed E-state index contributed by atoms with van der Waals surface area (Å²) < 4.78 is 25.0. The lowest BCUT2D eigenvalue weighted by molar-refractivity contribution is -0.323. The Bertz CT molecular complexity index is 1660. The van der Waals surface area contributed by atoms with Crippen molar-refractivity contribution >= 4 is 44.1 Å². The second-order valence-electron chi connectivity index (χ2n) is 15.4. The van der Waals surface area contributed by atoms with Crippen LogP contribution >= 0.6 is 21.6 Å². The molecular formula is C37H48O12S2. The van der Waals surface area contributed by atoms with E-state index in [1.807, 2.05) is 0 Å². The largest absolute Gasteiger partial charge is 0.507 e. The van der Waals surface area contributed by atoms with Gasteiger partial charge in [0.05, 0.1) is 29.7 Å². The molecule has 0 radical (unpaired) electrons. The summed E-state index contributed by atoms with van der Waals surface area (Å²) in [5.41, 5.74) is -1.63. The van der Waals surface area contributed by atoms with Crippen LogP contribution in [0.2, 0.25) is 0 Å². The minimum atomic E-state index is -1.73. The van der Waals surface area contributed by atoms with Gasteiger partial charge in [0, 0.05) is 23.3 Å². The Hall–Kier alpha value is -2.30. The van der Waals surface area contributed by atoms with E-state index in [1.54, 1.807) is 10.8 Å². The third-order valence-corrected chi connectivity index (χ3v) is 14.7. The lowest BCUT2D eigenvalue weighted by Crippen LogP contribution is -2.69. The summed E-state index contributed by atoms with van der Waals surface area (Å²) in [6.07, 6.45) is 2.08. The van der Waals surface area contributed by atoms with Gasteiger partial charge in [-0.3, -0.25) is 4.79 Å². The highest BCUT2D eigenvalue weighted by Crippen LogP contribution is 2.59. The Morgan fingerprint density at radius 1 is 1.00 bits per heavy atom. The number of aromatic hydroxyl groups is 2. The van der Waals surface area contributed by atoms with Crippen molar-refractivity contribution in [3.8, 4) is 17.2 Å². The molecule has 51 heavy (non-hydrogen) atoms. The number of carboxylic acid groups (broad SMARTS) is 1. The maximum absolute atomic E-state index is 12.5. The first kappa shape index (κ1) is 37.0. The first-order valence-electron chi connectivity index (χ1n) is 17.9. The topological polar surface area (TPSA) is 192 Å². The second-order valence-corrected chi connectivity index (χ2v) is 17.8. The molecule has 14 heteroatoms. The van der Waals surface area contributed by atoms with Crippen molar-refractivity contribution in [2.75, 3.05) is 31.5 Å². The Labute approximate surface area is 304 Å². The predicted octanol–water partition coefficient (Wildman–Crippen LogP) is 5.02. The predicted molar refractivity (Wildman–Crippen MR) is 190 cm³/mol. The van der Waals surface area contributed by atoms with E-state index in [0.717, 1.165) is 37.5 Å². The Balaban J connectivity index is 1.22. The summed E-state index contributed by atoms with van der Waals surface area (Å²) >= 11 is 0. The Morgan fingerprint density at radius 3 is 2.43 bits per heavy atom. The molecule has 280 valence electrons. The summed E-state index contributed by atoms with van der Waals surface area (Å²) in [5, 5.41) is 66.4. The van der Waals surface area contributed by atoms with Crippen molar-refractivity contribution in [3.05, 3.63) is 28.8 Å². The molecule has 9 atom stereocenters. The molecule has 0 bridgehead atoms. The van der Waals surface area contributed by atoms with Gasteiger partial charge in [-0.2, -0.15) is 0 Å². The first-order chi connectivity index (χ1) is 24.4. The van der Waals surface area contributed by atoms with Crippen molar-refractivity contribution in [1.29, 1.82) is 0 Å². The maximum atomic E-state index is 12.5. The van der Waals surface area contributed by atoms with Gasteiger partial charge in [0.1, 0.15) is 47.1 Å². The second kappa shape index (κ2) is 14.5. The third kappa shape index (κ3) is 6.51. The summed E-state index contributed by atoms with van der Waals surface area (Å²) in [4.78, 5) is 24.6. The standard InChI is InChI=1S/C37H48O12S2/c1-18-27(19(2)39)31(41)29-24(30(18)40)9-21(34(44)45)10-25(29)48-35-32(42)33(43)37(26(13-38)49-35)8-5-20-11-36(6-3-4-7-36)12-22-14-46-15-23(28(20)22)16-50-51-17-47-37/h9-10,20,22-23,26,28,32-33,35,38,40-43H,3-8,11-17H2,1-2H3,(H,44,45). The Kier molecular flexibility index (Phi) is 10.5. The number of ketones is 1. The molecule has 2 saturated carbocycles. The number of rotatable bonds is 5. The number of fused-ring (bicyclic) bond motifs is 1. The van der Waals surface area contributed by atoms with E-state index >= 15 is 0 Å². The van der Waals surface area contributed by atoms with E-state index in [9.17, 15) is 40.2 Å². The SMILES string of the molecule is CC(=O)c1c(C)c(O)c2cc(C(=O)O)cc(OC3OC(CO)C4(CCC5CC6(CCCC6)CC6COCC(CSSCO4)C56)C(O)C3O)c2c1O. The molecule has 2 spiro atoms. The highest BCUT2D eigenvalue weighted by atomic mass is 33.1. The average molecular weight is 749 g/mol. The lowest BCUT2D eigenvalue weighted by Gasteiger charge is -2.54. The summed E-state index contributed by atoms with van der Waals surface area (Å²) in [7, 11) is 3.21. The van der Waals surface area contributed by atoms with Crippen LogP contribution in [0.1, 0.15) is 84.6 Å². The molecule has 3 aliphatic heterocycles.